The first-order chi connectivity index (χ1) is 9.65. The first-order valence-corrected chi connectivity index (χ1v) is 8.43. The summed E-state index contributed by atoms with van der Waals surface area (Å²) in [6.45, 7) is 3.51. The second-order valence-electron chi connectivity index (χ2n) is 7.25. The Hall–Kier alpha value is -0.820. The van der Waals surface area contributed by atoms with Gasteiger partial charge in [0.25, 0.3) is 0 Å². The molecule has 0 saturated heterocycles. The first kappa shape index (κ1) is 14.1. The summed E-state index contributed by atoms with van der Waals surface area (Å²) in [5.74, 6) is 0.915. The molecule has 0 heterocycles. The molecule has 2 aliphatic rings. The number of likely N-dealkylation sites (N-methyl/N-ethyl adjacent to an activating group) is 1. The quantitative estimate of drug-likeness (QED) is 0.794. The lowest BCUT2D eigenvalue weighted by Crippen LogP contribution is -2.52. The molecule has 0 aliphatic heterocycles. The Bertz CT molecular complexity index is 471. The number of hydrogen-bond acceptors (Lipinski definition) is 1. The van der Waals surface area contributed by atoms with Crippen LogP contribution in [0.25, 0.3) is 0 Å². The maximum atomic E-state index is 2.52. The van der Waals surface area contributed by atoms with Gasteiger partial charge in [-0.2, -0.15) is 0 Å². The fourth-order valence-corrected chi connectivity index (χ4v) is 4.64. The number of fused-ring (bicyclic) bond motifs is 1. The number of benzene rings is 1. The zero-order chi connectivity index (χ0) is 14.2. The van der Waals surface area contributed by atoms with Gasteiger partial charge in [-0.15, -0.1) is 0 Å². The summed E-state index contributed by atoms with van der Waals surface area (Å²) >= 11 is 0. The first-order valence-electron chi connectivity index (χ1n) is 8.43. The minimum absolute atomic E-state index is 0.463. The number of rotatable bonds is 4. The fourth-order valence-electron chi connectivity index (χ4n) is 4.64. The van der Waals surface area contributed by atoms with Crippen molar-refractivity contribution >= 4 is 0 Å². The lowest BCUT2D eigenvalue weighted by Gasteiger charge is -2.52. The van der Waals surface area contributed by atoms with Gasteiger partial charge >= 0.3 is 0 Å². The smallest absolute Gasteiger partial charge is 0.0151 e. The topological polar surface area (TPSA) is 3.24 Å². The molecule has 0 spiro atoms. The van der Waals surface area contributed by atoms with Gasteiger partial charge in [-0.25, -0.2) is 0 Å². The number of aryl methyl sites for hydroxylation is 1. The summed E-state index contributed by atoms with van der Waals surface area (Å²) < 4.78 is 0. The van der Waals surface area contributed by atoms with E-state index in [4.69, 9.17) is 0 Å². The predicted octanol–water partition coefficient (Wildman–Crippen LogP) is 4.18. The molecule has 20 heavy (non-hydrogen) atoms. The van der Waals surface area contributed by atoms with Gasteiger partial charge in [0.1, 0.15) is 0 Å². The van der Waals surface area contributed by atoms with Crippen LogP contribution in [0, 0.1) is 5.92 Å². The molecule has 0 amide bonds. The van der Waals surface area contributed by atoms with Crippen LogP contribution in [-0.4, -0.2) is 25.5 Å². The monoisotopic (exact) mass is 271 g/mol. The van der Waals surface area contributed by atoms with Crippen molar-refractivity contribution in [3.63, 3.8) is 0 Å². The van der Waals surface area contributed by atoms with Gasteiger partial charge in [0.05, 0.1) is 0 Å². The summed E-state index contributed by atoms with van der Waals surface area (Å²) in [5, 5.41) is 0. The highest BCUT2D eigenvalue weighted by Crippen LogP contribution is 2.51. The van der Waals surface area contributed by atoms with Gasteiger partial charge in [0, 0.05) is 12.0 Å². The standard InChI is InChI=1S/C19H29N/c1-4-15-10-11-16-13-19(14-20(2)3,18(16)12-15)17-8-6-5-7-9-17/h10-12,17H,4-9,13-14H2,1-3H3. The SMILES string of the molecule is CCc1ccc2c(c1)C(CN(C)C)(C1CCCCC1)C2. The molecular formula is C19H29N. The van der Waals surface area contributed by atoms with Gasteiger partial charge in [-0.3, -0.25) is 0 Å². The van der Waals surface area contributed by atoms with E-state index in [0.717, 1.165) is 12.3 Å². The predicted molar refractivity (Wildman–Crippen MR) is 86.3 cm³/mol. The van der Waals surface area contributed by atoms with Crippen LogP contribution < -0.4 is 0 Å². The Balaban J connectivity index is 1.95. The average Bonchev–Trinajstić information content (AvgIpc) is 2.45. The molecule has 0 N–H and O–H groups in total. The minimum Gasteiger partial charge on any atom is -0.308 e. The molecular weight excluding hydrogens is 242 g/mol. The molecule has 1 aromatic rings. The molecule has 1 unspecified atom stereocenters. The van der Waals surface area contributed by atoms with E-state index in [-0.39, 0.29) is 0 Å². The van der Waals surface area contributed by atoms with E-state index < -0.39 is 0 Å². The van der Waals surface area contributed by atoms with Crippen molar-refractivity contribution in [1.29, 1.82) is 0 Å². The van der Waals surface area contributed by atoms with E-state index in [9.17, 15) is 0 Å². The molecule has 1 nitrogen and oxygen atoms in total. The molecule has 0 aromatic heterocycles. The second-order valence-corrected chi connectivity index (χ2v) is 7.25. The third-order valence-corrected chi connectivity index (χ3v) is 5.61. The molecule has 1 saturated carbocycles. The van der Waals surface area contributed by atoms with Crippen molar-refractivity contribution < 1.29 is 0 Å². The van der Waals surface area contributed by atoms with Crippen molar-refractivity contribution in [1.82, 2.24) is 4.90 Å². The Morgan fingerprint density at radius 1 is 1.15 bits per heavy atom. The maximum absolute atomic E-state index is 2.52. The Morgan fingerprint density at radius 3 is 2.55 bits per heavy atom. The van der Waals surface area contributed by atoms with Crippen molar-refractivity contribution in [2.75, 3.05) is 20.6 Å². The van der Waals surface area contributed by atoms with Gasteiger partial charge < -0.3 is 4.90 Å². The van der Waals surface area contributed by atoms with E-state index in [1.54, 1.807) is 11.1 Å². The summed E-state index contributed by atoms with van der Waals surface area (Å²) in [4.78, 5) is 2.41. The van der Waals surface area contributed by atoms with E-state index in [1.807, 2.05) is 0 Å². The van der Waals surface area contributed by atoms with Crippen LogP contribution in [0.3, 0.4) is 0 Å². The zero-order valence-electron chi connectivity index (χ0n) is 13.4. The molecule has 1 heteroatoms. The fraction of sp³-hybridized carbons (Fsp3) is 0.684. The van der Waals surface area contributed by atoms with E-state index >= 15 is 0 Å². The van der Waals surface area contributed by atoms with Crippen LogP contribution in [-0.2, 0) is 18.3 Å². The third-order valence-electron chi connectivity index (χ3n) is 5.61. The number of nitrogens with zero attached hydrogens (tertiary/aromatic N) is 1. The van der Waals surface area contributed by atoms with Gasteiger partial charge in [-0.05, 0) is 62.4 Å². The van der Waals surface area contributed by atoms with Gasteiger partial charge in [0.2, 0.25) is 0 Å². The molecule has 3 rings (SSSR count). The van der Waals surface area contributed by atoms with Gasteiger partial charge in [-0.1, -0.05) is 44.4 Å². The third kappa shape index (κ3) is 2.30. The molecule has 110 valence electrons. The van der Waals surface area contributed by atoms with Crippen LogP contribution in [0.2, 0.25) is 0 Å². The minimum atomic E-state index is 0.463. The summed E-state index contributed by atoms with van der Waals surface area (Å²) in [7, 11) is 4.48. The van der Waals surface area contributed by atoms with E-state index in [2.05, 4.69) is 44.1 Å². The second kappa shape index (κ2) is 5.52. The van der Waals surface area contributed by atoms with Crippen molar-refractivity contribution in [2.45, 2.75) is 57.3 Å². The van der Waals surface area contributed by atoms with Crippen molar-refractivity contribution in [3.8, 4) is 0 Å². The lowest BCUT2D eigenvalue weighted by atomic mass is 9.54. The normalized spacial score (nSPS) is 26.4. The van der Waals surface area contributed by atoms with Crippen LogP contribution in [0.5, 0.6) is 0 Å². The highest BCUT2D eigenvalue weighted by atomic mass is 15.1. The number of hydrogen-bond donors (Lipinski definition) is 0. The highest BCUT2D eigenvalue weighted by Gasteiger charge is 2.48. The van der Waals surface area contributed by atoms with Crippen LogP contribution in [0.1, 0.15) is 55.7 Å². The zero-order valence-corrected chi connectivity index (χ0v) is 13.4. The maximum Gasteiger partial charge on any atom is 0.0151 e. The van der Waals surface area contributed by atoms with Crippen molar-refractivity contribution in [2.24, 2.45) is 5.92 Å². The Kier molecular flexibility index (Phi) is 3.90. The molecule has 1 aromatic carbocycles. The molecule has 1 fully saturated rings. The van der Waals surface area contributed by atoms with E-state index in [1.165, 1.54) is 50.6 Å². The molecule has 1 atom stereocenters. The molecule has 0 radical (unpaired) electrons. The van der Waals surface area contributed by atoms with Crippen molar-refractivity contribution in [3.05, 3.63) is 34.9 Å². The van der Waals surface area contributed by atoms with E-state index in [0.29, 0.717) is 5.41 Å². The molecule has 2 aliphatic carbocycles. The van der Waals surface area contributed by atoms with Crippen LogP contribution in [0.15, 0.2) is 18.2 Å². The largest absolute Gasteiger partial charge is 0.308 e. The molecule has 0 bridgehead atoms. The summed E-state index contributed by atoms with van der Waals surface area (Å²) in [6, 6.07) is 7.25. The highest BCUT2D eigenvalue weighted by molar-refractivity contribution is 5.48. The van der Waals surface area contributed by atoms with Gasteiger partial charge in [0.15, 0.2) is 0 Å². The van der Waals surface area contributed by atoms with Crippen LogP contribution >= 0.6 is 0 Å². The lowest BCUT2D eigenvalue weighted by molar-refractivity contribution is 0.132. The average molecular weight is 271 g/mol. The van der Waals surface area contributed by atoms with Crippen LogP contribution in [0.4, 0.5) is 0 Å². The summed E-state index contributed by atoms with van der Waals surface area (Å²) in [5.41, 5.74) is 5.29. The Labute approximate surface area is 124 Å². The summed E-state index contributed by atoms with van der Waals surface area (Å²) in [6.07, 6.45) is 9.72. The Morgan fingerprint density at radius 2 is 1.90 bits per heavy atom.